The number of anilines is 1. The number of aromatic nitrogens is 3. The molecular formula is C35H43N7O3S. The highest BCUT2D eigenvalue weighted by atomic mass is 32.1. The smallest absolute Gasteiger partial charge is 0.268 e. The lowest BCUT2D eigenvalue weighted by atomic mass is 9.93. The fraction of sp³-hybridized carbons (Fsp3) is 0.457. The molecule has 5 rings (SSSR count). The van der Waals surface area contributed by atoms with Crippen molar-refractivity contribution in [2.75, 3.05) is 18.4 Å². The fourth-order valence-electron chi connectivity index (χ4n) is 5.61. The van der Waals surface area contributed by atoms with Crippen LogP contribution in [0.15, 0.2) is 52.6 Å². The summed E-state index contributed by atoms with van der Waals surface area (Å²) >= 11 is 1.32. The zero-order valence-electron chi connectivity index (χ0n) is 27.7. The molecule has 2 N–H and O–H groups in total. The van der Waals surface area contributed by atoms with Gasteiger partial charge < -0.3 is 19.2 Å². The van der Waals surface area contributed by atoms with Gasteiger partial charge in [-0.25, -0.2) is 9.97 Å². The molecule has 1 aliphatic heterocycles. The van der Waals surface area contributed by atoms with Gasteiger partial charge in [0.1, 0.15) is 11.6 Å². The van der Waals surface area contributed by atoms with Gasteiger partial charge in [-0.2, -0.15) is 5.26 Å². The van der Waals surface area contributed by atoms with Crippen molar-refractivity contribution >= 4 is 40.1 Å². The highest BCUT2D eigenvalue weighted by molar-refractivity contribution is 7.17. The average molecular weight is 642 g/mol. The van der Waals surface area contributed by atoms with Gasteiger partial charge in [-0.15, -0.1) is 11.3 Å². The fourth-order valence-corrected chi connectivity index (χ4v) is 6.46. The lowest BCUT2D eigenvalue weighted by molar-refractivity contribution is -0.127. The Balaban J connectivity index is 1.45. The largest absolute Gasteiger partial charge is 0.440 e. The summed E-state index contributed by atoms with van der Waals surface area (Å²) in [6.45, 7) is 16.9. The second-order valence-electron chi connectivity index (χ2n) is 14.2. The number of nitriles is 1. The van der Waals surface area contributed by atoms with E-state index in [1.54, 1.807) is 30.2 Å². The van der Waals surface area contributed by atoms with Crippen LogP contribution in [-0.4, -0.2) is 50.4 Å². The van der Waals surface area contributed by atoms with Crippen LogP contribution >= 0.6 is 11.3 Å². The van der Waals surface area contributed by atoms with Crippen LogP contribution in [0.5, 0.6) is 0 Å². The minimum Gasteiger partial charge on any atom is -0.440 e. The number of amides is 2. The first-order chi connectivity index (χ1) is 21.7. The molecule has 10 nitrogen and oxygen atoms in total. The van der Waals surface area contributed by atoms with Crippen LogP contribution in [0, 0.1) is 29.1 Å². The first-order valence-electron chi connectivity index (χ1n) is 15.7. The van der Waals surface area contributed by atoms with E-state index in [-0.39, 0.29) is 34.3 Å². The Labute approximate surface area is 274 Å². The molecule has 4 aromatic rings. The highest BCUT2D eigenvalue weighted by Gasteiger charge is 2.33. The molecule has 1 aliphatic rings. The van der Waals surface area contributed by atoms with E-state index in [0.717, 1.165) is 40.9 Å². The first kappa shape index (κ1) is 33.1. The summed E-state index contributed by atoms with van der Waals surface area (Å²) in [5.41, 5.74) is 2.73. The van der Waals surface area contributed by atoms with Gasteiger partial charge in [-0.05, 0) is 53.5 Å². The van der Waals surface area contributed by atoms with Crippen LogP contribution in [-0.2, 0) is 17.9 Å². The van der Waals surface area contributed by atoms with Gasteiger partial charge in [0.05, 0.1) is 33.0 Å². The van der Waals surface area contributed by atoms with Gasteiger partial charge in [0.25, 0.3) is 11.8 Å². The van der Waals surface area contributed by atoms with Gasteiger partial charge in [0.2, 0.25) is 5.95 Å². The lowest BCUT2D eigenvalue weighted by Gasteiger charge is -2.26. The zero-order valence-corrected chi connectivity index (χ0v) is 28.5. The molecule has 0 saturated carbocycles. The van der Waals surface area contributed by atoms with Crippen LogP contribution in [0.4, 0.5) is 5.95 Å². The Hall–Kier alpha value is -4.27. The molecule has 0 bridgehead atoms. The minimum absolute atomic E-state index is 0.159. The molecule has 1 atom stereocenters. The van der Waals surface area contributed by atoms with E-state index in [0.29, 0.717) is 42.1 Å². The molecule has 242 valence electrons. The molecule has 1 fully saturated rings. The molecule has 4 heterocycles. The zero-order chi connectivity index (χ0) is 33.2. The predicted octanol–water partition coefficient (Wildman–Crippen LogP) is 6.94. The molecular weight excluding hydrogens is 598 g/mol. The maximum absolute atomic E-state index is 13.6. The van der Waals surface area contributed by atoms with Crippen LogP contribution in [0.25, 0.3) is 21.7 Å². The van der Waals surface area contributed by atoms with Crippen LogP contribution in [0.1, 0.15) is 75.5 Å². The molecule has 46 heavy (non-hydrogen) atoms. The maximum atomic E-state index is 13.6. The summed E-state index contributed by atoms with van der Waals surface area (Å²) in [5.74, 6) is 1.05. The lowest BCUT2D eigenvalue weighted by Crippen LogP contribution is -2.39. The molecule has 1 aromatic carbocycles. The quantitative estimate of drug-likeness (QED) is 0.150. The van der Waals surface area contributed by atoms with Crippen molar-refractivity contribution in [3.8, 4) is 16.7 Å². The standard InChI is InChI=1S/C35H43N7O3S/c1-22-38-19-28(45-22)29-12-13-30(46-29)31(43)40-33-39-26-15-23(18-37-21-35(5,6)7)10-11-27(26)42(33)20-25-9-8-14-41(25)32(44)24(17-36)16-34(2,3)4/h10-13,15-16,19,25,37H,8-9,14,18,20-21H2,1-7H3,(H,39,40,43)/b24-16+/t25-/m1/s1. The molecule has 0 unspecified atom stereocenters. The van der Waals surface area contributed by atoms with Gasteiger partial charge in [0, 0.05) is 33.1 Å². The second-order valence-corrected chi connectivity index (χ2v) is 15.3. The number of thiophene rings is 1. The van der Waals surface area contributed by atoms with Crippen LogP contribution in [0.3, 0.4) is 0 Å². The predicted molar refractivity (Wildman–Crippen MR) is 181 cm³/mol. The molecule has 0 radical (unpaired) electrons. The Morgan fingerprint density at radius 3 is 2.63 bits per heavy atom. The number of hydrogen-bond donors (Lipinski definition) is 2. The minimum atomic E-state index is -0.304. The molecule has 0 spiro atoms. The van der Waals surface area contributed by atoms with Crippen LogP contribution < -0.4 is 10.6 Å². The summed E-state index contributed by atoms with van der Waals surface area (Å²) in [5, 5.41) is 16.4. The van der Waals surface area contributed by atoms with Crippen molar-refractivity contribution in [1.29, 1.82) is 5.26 Å². The molecule has 0 aliphatic carbocycles. The Bertz CT molecular complexity index is 1810. The van der Waals surface area contributed by atoms with Crippen molar-refractivity contribution in [2.45, 2.75) is 80.4 Å². The number of oxazole rings is 1. The van der Waals surface area contributed by atoms with E-state index >= 15 is 0 Å². The number of allylic oxidation sites excluding steroid dienone is 1. The topological polar surface area (TPSA) is 129 Å². The van der Waals surface area contributed by atoms with Gasteiger partial charge in [0.15, 0.2) is 11.7 Å². The normalized spacial score (nSPS) is 15.8. The Kier molecular flexibility index (Phi) is 9.52. The number of benzene rings is 1. The molecule has 2 amide bonds. The van der Waals surface area contributed by atoms with Crippen LogP contribution in [0.2, 0.25) is 0 Å². The second kappa shape index (κ2) is 13.2. The third-order valence-electron chi connectivity index (χ3n) is 7.68. The number of hydrogen-bond acceptors (Lipinski definition) is 8. The summed E-state index contributed by atoms with van der Waals surface area (Å²) in [4.78, 5) is 39.3. The van der Waals surface area contributed by atoms with E-state index in [1.165, 1.54) is 11.3 Å². The average Bonchev–Trinajstić information content (AvgIpc) is 3.78. The number of rotatable bonds is 9. The van der Waals surface area contributed by atoms with Crippen molar-refractivity contribution in [3.05, 3.63) is 64.5 Å². The van der Waals surface area contributed by atoms with Crippen molar-refractivity contribution < 1.29 is 14.0 Å². The monoisotopic (exact) mass is 641 g/mol. The molecule has 3 aromatic heterocycles. The first-order valence-corrected chi connectivity index (χ1v) is 16.5. The van der Waals surface area contributed by atoms with Crippen molar-refractivity contribution in [3.63, 3.8) is 0 Å². The summed E-state index contributed by atoms with van der Waals surface area (Å²) in [7, 11) is 0. The number of carbonyl (C=O) groups excluding carboxylic acids is 2. The number of nitrogens with zero attached hydrogens (tertiary/aromatic N) is 5. The molecule has 1 saturated heterocycles. The maximum Gasteiger partial charge on any atom is 0.268 e. The number of imidazole rings is 1. The van der Waals surface area contributed by atoms with Gasteiger partial charge in [-0.1, -0.05) is 53.7 Å². The molecule has 11 heteroatoms. The summed E-state index contributed by atoms with van der Waals surface area (Å²) in [6, 6.07) is 11.7. The third kappa shape index (κ3) is 7.92. The number of nitrogens with one attached hydrogen (secondary N) is 2. The number of carbonyl (C=O) groups is 2. The third-order valence-corrected chi connectivity index (χ3v) is 8.77. The SMILES string of the molecule is Cc1ncc(-c2ccc(C(=O)Nc3nc4cc(CNCC(C)(C)C)ccc4n3C[C@H]3CCCN3C(=O)/C(C#N)=C/C(C)(C)C)s2)o1. The van der Waals surface area contributed by atoms with E-state index in [1.807, 2.05) is 43.5 Å². The number of fused-ring (bicyclic) bond motifs is 1. The Morgan fingerprint density at radius 1 is 1.17 bits per heavy atom. The van der Waals surface area contributed by atoms with Crippen molar-refractivity contribution in [2.24, 2.45) is 10.8 Å². The van der Waals surface area contributed by atoms with Gasteiger partial charge >= 0.3 is 0 Å². The van der Waals surface area contributed by atoms with Gasteiger partial charge in [-0.3, -0.25) is 14.9 Å². The van der Waals surface area contributed by atoms with E-state index in [2.05, 4.69) is 48.5 Å². The van der Waals surface area contributed by atoms with Crippen molar-refractivity contribution in [1.82, 2.24) is 24.8 Å². The Morgan fingerprint density at radius 2 is 1.96 bits per heavy atom. The van der Waals surface area contributed by atoms with E-state index in [4.69, 9.17) is 9.40 Å². The summed E-state index contributed by atoms with van der Waals surface area (Å²) in [6.07, 6.45) is 5.02. The van der Waals surface area contributed by atoms with E-state index in [9.17, 15) is 14.9 Å². The summed E-state index contributed by atoms with van der Waals surface area (Å²) < 4.78 is 7.63. The number of likely N-dealkylation sites (tertiary alicyclic amines) is 1. The number of aryl methyl sites for hydroxylation is 1. The van der Waals surface area contributed by atoms with E-state index < -0.39 is 0 Å². The highest BCUT2D eigenvalue weighted by Crippen LogP contribution is 2.31.